The van der Waals surface area contributed by atoms with Crippen LogP contribution in [0.25, 0.3) is 0 Å². The van der Waals surface area contributed by atoms with Gasteiger partial charge in [0, 0.05) is 32.4 Å². The van der Waals surface area contributed by atoms with Gasteiger partial charge in [-0.2, -0.15) is 4.57 Å². The smallest absolute Gasteiger partial charge is 0.373 e. The number of carboxylic acids is 1. The number of nitrogens with zero attached hydrogens (tertiary/aromatic N) is 1. The van der Waals surface area contributed by atoms with Gasteiger partial charge in [-0.3, -0.25) is 0 Å². The van der Waals surface area contributed by atoms with Crippen LogP contribution >= 0.6 is 0 Å². The summed E-state index contributed by atoms with van der Waals surface area (Å²) in [5.41, 5.74) is 3.17. The summed E-state index contributed by atoms with van der Waals surface area (Å²) in [6.07, 6.45) is 0.602. The maximum absolute atomic E-state index is 11.1. The summed E-state index contributed by atoms with van der Waals surface area (Å²) < 4.78 is 1.88. The predicted octanol–water partition coefficient (Wildman–Crippen LogP) is 1.94. The van der Waals surface area contributed by atoms with Gasteiger partial charge in [-0.25, -0.2) is 4.79 Å². The van der Waals surface area contributed by atoms with Crippen LogP contribution in [0.5, 0.6) is 0 Å². The molecule has 3 heteroatoms. The first kappa shape index (κ1) is 11.7. The van der Waals surface area contributed by atoms with Crippen molar-refractivity contribution in [3.8, 4) is 0 Å². The molecule has 1 aromatic rings. The highest BCUT2D eigenvalue weighted by Gasteiger charge is 2.28. The van der Waals surface area contributed by atoms with E-state index in [9.17, 15) is 4.79 Å². The monoisotopic (exact) mass is 208 g/mol. The Balaban J connectivity index is 3.29. The van der Waals surface area contributed by atoms with E-state index in [1.54, 1.807) is 0 Å². The third-order valence-electron chi connectivity index (χ3n) is 2.62. The number of hydrogen-bond donors (Lipinski definition) is 1. The third-order valence-corrected chi connectivity index (χ3v) is 2.62. The number of rotatable bonds is 3. The molecule has 0 aromatic carbocycles. The minimum Gasteiger partial charge on any atom is -0.476 e. The molecule has 1 aromatic heterocycles. The van der Waals surface area contributed by atoms with Crippen LogP contribution in [0, 0.1) is 20.8 Å². The minimum absolute atomic E-state index is 0.453. The average molecular weight is 208 g/mol. The second-order valence-electron chi connectivity index (χ2n) is 3.95. The second-order valence-corrected chi connectivity index (χ2v) is 3.95. The fourth-order valence-corrected chi connectivity index (χ4v) is 2.08. The molecule has 0 spiro atoms. The SMILES string of the molecule is CCC(C(=O)O)[n+]1c(C)cc(C)cc1C. The van der Waals surface area contributed by atoms with Crippen molar-refractivity contribution >= 4 is 5.97 Å². The summed E-state index contributed by atoms with van der Waals surface area (Å²) in [6.45, 7) is 7.81. The van der Waals surface area contributed by atoms with E-state index in [-0.39, 0.29) is 0 Å². The van der Waals surface area contributed by atoms with E-state index in [4.69, 9.17) is 5.11 Å². The van der Waals surface area contributed by atoms with Gasteiger partial charge in [0.25, 0.3) is 6.04 Å². The summed E-state index contributed by atoms with van der Waals surface area (Å²) >= 11 is 0. The Morgan fingerprint density at radius 3 is 2.13 bits per heavy atom. The zero-order chi connectivity index (χ0) is 11.6. The lowest BCUT2D eigenvalue weighted by Crippen LogP contribution is -2.48. The molecular weight excluding hydrogens is 190 g/mol. The van der Waals surface area contributed by atoms with Crippen molar-refractivity contribution in [2.24, 2.45) is 0 Å². The van der Waals surface area contributed by atoms with Crippen LogP contribution in [-0.2, 0) is 4.79 Å². The Kier molecular flexibility index (Phi) is 3.45. The van der Waals surface area contributed by atoms with Gasteiger partial charge in [0.05, 0.1) is 0 Å². The van der Waals surface area contributed by atoms with Gasteiger partial charge in [-0.05, 0) is 12.5 Å². The maximum Gasteiger partial charge on any atom is 0.373 e. The molecule has 0 bridgehead atoms. The van der Waals surface area contributed by atoms with Crippen LogP contribution in [0.1, 0.15) is 36.3 Å². The van der Waals surface area contributed by atoms with E-state index in [1.807, 2.05) is 44.4 Å². The molecule has 0 fully saturated rings. The zero-order valence-corrected chi connectivity index (χ0v) is 9.74. The highest BCUT2D eigenvalue weighted by molar-refractivity contribution is 5.69. The molecule has 0 amide bonds. The van der Waals surface area contributed by atoms with Crippen molar-refractivity contribution < 1.29 is 14.5 Å². The fourth-order valence-electron chi connectivity index (χ4n) is 2.08. The molecule has 0 saturated carbocycles. The molecule has 1 rings (SSSR count). The highest BCUT2D eigenvalue weighted by atomic mass is 16.4. The first-order valence-electron chi connectivity index (χ1n) is 5.19. The molecule has 3 nitrogen and oxygen atoms in total. The van der Waals surface area contributed by atoms with Crippen LogP contribution in [-0.4, -0.2) is 11.1 Å². The van der Waals surface area contributed by atoms with E-state index in [0.29, 0.717) is 6.42 Å². The van der Waals surface area contributed by atoms with Gasteiger partial charge in [0.2, 0.25) is 0 Å². The number of pyridine rings is 1. The summed E-state index contributed by atoms with van der Waals surface area (Å²) in [6, 6.07) is 3.57. The number of carbonyl (C=O) groups is 1. The summed E-state index contributed by atoms with van der Waals surface area (Å²) in [4.78, 5) is 11.1. The lowest BCUT2D eigenvalue weighted by Gasteiger charge is -2.11. The Morgan fingerprint density at radius 2 is 1.80 bits per heavy atom. The third kappa shape index (κ3) is 2.35. The van der Waals surface area contributed by atoms with Crippen molar-refractivity contribution in [1.82, 2.24) is 0 Å². The molecule has 0 aliphatic heterocycles. The van der Waals surface area contributed by atoms with E-state index in [1.165, 1.54) is 5.56 Å². The van der Waals surface area contributed by atoms with Gasteiger partial charge in [0.1, 0.15) is 0 Å². The minimum atomic E-state index is -0.766. The molecular formula is C12H18NO2+. The standard InChI is InChI=1S/C12H17NO2/c1-5-11(12(14)15)13-9(3)6-8(2)7-10(13)4/h6-7,11H,5H2,1-4H3/p+1. The molecule has 0 radical (unpaired) electrons. The van der Waals surface area contributed by atoms with Crippen LogP contribution in [0.15, 0.2) is 12.1 Å². The first-order valence-corrected chi connectivity index (χ1v) is 5.19. The van der Waals surface area contributed by atoms with Crippen molar-refractivity contribution in [3.63, 3.8) is 0 Å². The molecule has 0 aliphatic carbocycles. The molecule has 1 heterocycles. The molecule has 0 aliphatic rings. The predicted molar refractivity (Wildman–Crippen MR) is 57.8 cm³/mol. The van der Waals surface area contributed by atoms with E-state index < -0.39 is 12.0 Å². The van der Waals surface area contributed by atoms with Crippen LogP contribution < -0.4 is 4.57 Å². The Labute approximate surface area is 90.4 Å². The van der Waals surface area contributed by atoms with Gasteiger partial charge >= 0.3 is 5.97 Å². The molecule has 1 N–H and O–H groups in total. The quantitative estimate of drug-likeness (QED) is 0.771. The number of aryl methyl sites for hydroxylation is 3. The summed E-state index contributed by atoms with van der Waals surface area (Å²) in [7, 11) is 0. The van der Waals surface area contributed by atoms with Crippen LogP contribution in [0.4, 0.5) is 0 Å². The van der Waals surface area contributed by atoms with E-state index in [0.717, 1.165) is 11.4 Å². The van der Waals surface area contributed by atoms with Gasteiger partial charge in [-0.15, -0.1) is 0 Å². The number of aromatic nitrogens is 1. The Hall–Kier alpha value is -1.38. The van der Waals surface area contributed by atoms with Crippen molar-refractivity contribution in [2.75, 3.05) is 0 Å². The lowest BCUT2D eigenvalue weighted by molar-refractivity contribution is -0.722. The van der Waals surface area contributed by atoms with Crippen LogP contribution in [0.2, 0.25) is 0 Å². The summed E-state index contributed by atoms with van der Waals surface area (Å²) in [5.74, 6) is -0.766. The number of aliphatic carboxylic acids is 1. The van der Waals surface area contributed by atoms with Gasteiger partial charge < -0.3 is 5.11 Å². The number of hydrogen-bond acceptors (Lipinski definition) is 1. The Morgan fingerprint density at radius 1 is 1.33 bits per heavy atom. The van der Waals surface area contributed by atoms with Crippen molar-refractivity contribution in [3.05, 3.63) is 29.1 Å². The zero-order valence-electron chi connectivity index (χ0n) is 9.74. The van der Waals surface area contributed by atoms with Crippen molar-refractivity contribution in [2.45, 2.75) is 40.2 Å². The summed E-state index contributed by atoms with van der Waals surface area (Å²) in [5, 5.41) is 9.12. The topological polar surface area (TPSA) is 41.2 Å². The molecule has 82 valence electrons. The highest BCUT2D eigenvalue weighted by Crippen LogP contribution is 2.09. The van der Waals surface area contributed by atoms with E-state index in [2.05, 4.69) is 0 Å². The van der Waals surface area contributed by atoms with Gasteiger partial charge in [-0.1, -0.05) is 6.92 Å². The largest absolute Gasteiger partial charge is 0.476 e. The first-order chi connectivity index (χ1) is 6.97. The van der Waals surface area contributed by atoms with Crippen molar-refractivity contribution in [1.29, 1.82) is 0 Å². The lowest BCUT2D eigenvalue weighted by atomic mass is 10.1. The molecule has 15 heavy (non-hydrogen) atoms. The Bertz CT molecular complexity index is 362. The normalized spacial score (nSPS) is 12.5. The van der Waals surface area contributed by atoms with Crippen LogP contribution in [0.3, 0.4) is 0 Å². The molecule has 0 saturated heterocycles. The van der Waals surface area contributed by atoms with E-state index >= 15 is 0 Å². The maximum atomic E-state index is 11.1. The molecule has 1 atom stereocenters. The second kappa shape index (κ2) is 4.43. The number of carboxylic acid groups (broad SMARTS) is 1. The average Bonchev–Trinajstić information content (AvgIpc) is 2.09. The molecule has 1 unspecified atom stereocenters. The van der Waals surface area contributed by atoms with Gasteiger partial charge in [0.15, 0.2) is 11.4 Å². The fraction of sp³-hybridized carbons (Fsp3) is 0.500.